The summed E-state index contributed by atoms with van der Waals surface area (Å²) >= 11 is 0. The van der Waals surface area contributed by atoms with Crippen molar-refractivity contribution >= 4 is 29.9 Å². The van der Waals surface area contributed by atoms with Crippen molar-refractivity contribution in [1.29, 1.82) is 0 Å². The van der Waals surface area contributed by atoms with Crippen molar-refractivity contribution in [3.63, 3.8) is 0 Å². The fraction of sp³-hybridized carbons (Fsp3) is 0.800. The Bertz CT molecular complexity index is 655. The number of nitrogens with zero attached hydrogens (tertiary/aromatic N) is 5. The molecule has 1 fully saturated rings. The molecule has 1 aliphatic rings. The van der Waals surface area contributed by atoms with Crippen molar-refractivity contribution in [3.8, 4) is 0 Å². The van der Waals surface area contributed by atoms with Gasteiger partial charge in [0.05, 0.1) is 25.3 Å². The first-order valence-corrected chi connectivity index (χ1v) is 10.6. The minimum Gasteiger partial charge on any atom is -0.357 e. The summed E-state index contributed by atoms with van der Waals surface area (Å²) in [6.45, 7) is 4.40. The zero-order valence-electron chi connectivity index (χ0n) is 19.0. The lowest BCUT2D eigenvalue weighted by molar-refractivity contribution is -0.148. The molecule has 0 amide bonds. The van der Waals surface area contributed by atoms with Crippen LogP contribution < -0.4 is 10.6 Å². The number of aryl methyl sites for hydroxylation is 1. The van der Waals surface area contributed by atoms with Gasteiger partial charge in [0.1, 0.15) is 0 Å². The number of rotatable bonds is 9. The van der Waals surface area contributed by atoms with Crippen molar-refractivity contribution in [2.75, 3.05) is 53.4 Å². The topological polar surface area (TPSA) is 60.7 Å². The van der Waals surface area contributed by atoms with E-state index >= 15 is 0 Å². The van der Waals surface area contributed by atoms with Gasteiger partial charge in [0.25, 0.3) is 0 Å². The lowest BCUT2D eigenvalue weighted by Gasteiger charge is -2.32. The second kappa shape index (κ2) is 13.5. The summed E-state index contributed by atoms with van der Waals surface area (Å²) < 4.78 is 39.3. The first-order valence-electron chi connectivity index (χ1n) is 10.6. The predicted octanol–water partition coefficient (Wildman–Crippen LogP) is 2.86. The third kappa shape index (κ3) is 10.4. The Morgan fingerprint density at radius 1 is 1.29 bits per heavy atom. The molecule has 1 aliphatic heterocycles. The molecule has 0 aromatic carbocycles. The molecule has 11 heteroatoms. The summed E-state index contributed by atoms with van der Waals surface area (Å²) in [5.74, 6) is 1.22. The van der Waals surface area contributed by atoms with E-state index in [1.54, 1.807) is 4.68 Å². The van der Waals surface area contributed by atoms with Gasteiger partial charge in [0.2, 0.25) is 0 Å². The standard InChI is InChI=1S/C20H36F3N7.HI/c1-5-24-19(26-13-18(28(2)3)17-12-27-29(4)14-17)25-9-6-16-7-10-30(11-8-16)15-20(21,22)23;/h12,14,16,18H,5-11,13,15H2,1-4H3,(H2,24,25,26);1H. The van der Waals surface area contributed by atoms with Crippen molar-refractivity contribution < 1.29 is 13.2 Å². The summed E-state index contributed by atoms with van der Waals surface area (Å²) in [6, 6.07) is 0.132. The van der Waals surface area contributed by atoms with E-state index in [1.807, 2.05) is 40.5 Å². The van der Waals surface area contributed by atoms with Crippen LogP contribution in [0.4, 0.5) is 13.2 Å². The molecule has 0 aliphatic carbocycles. The molecule has 7 nitrogen and oxygen atoms in total. The van der Waals surface area contributed by atoms with E-state index in [0.717, 1.165) is 43.9 Å². The Balaban J connectivity index is 0.00000480. The number of hydrogen-bond donors (Lipinski definition) is 2. The van der Waals surface area contributed by atoms with Crippen LogP contribution in [0.2, 0.25) is 0 Å². The van der Waals surface area contributed by atoms with Crippen LogP contribution in [0, 0.1) is 5.92 Å². The van der Waals surface area contributed by atoms with Crippen molar-refractivity contribution in [1.82, 2.24) is 30.2 Å². The zero-order valence-corrected chi connectivity index (χ0v) is 21.3. The van der Waals surface area contributed by atoms with Crippen molar-refractivity contribution in [3.05, 3.63) is 18.0 Å². The Kier molecular flexibility index (Phi) is 12.1. The van der Waals surface area contributed by atoms with Gasteiger partial charge in [0.15, 0.2) is 5.96 Å². The molecular weight excluding hydrogens is 522 g/mol. The molecule has 1 saturated heterocycles. The van der Waals surface area contributed by atoms with Crippen LogP contribution in [0.5, 0.6) is 0 Å². The van der Waals surface area contributed by atoms with Crippen molar-refractivity contribution in [2.45, 2.75) is 38.4 Å². The van der Waals surface area contributed by atoms with Gasteiger partial charge in [-0.1, -0.05) is 0 Å². The van der Waals surface area contributed by atoms with Gasteiger partial charge in [-0.2, -0.15) is 18.3 Å². The lowest BCUT2D eigenvalue weighted by atomic mass is 9.93. The van der Waals surface area contributed by atoms with E-state index < -0.39 is 12.7 Å². The average Bonchev–Trinajstić information content (AvgIpc) is 3.07. The van der Waals surface area contributed by atoms with Crippen LogP contribution in [-0.2, 0) is 7.05 Å². The van der Waals surface area contributed by atoms with Gasteiger partial charge in [-0.25, -0.2) is 0 Å². The maximum Gasteiger partial charge on any atom is 0.401 e. The minimum absolute atomic E-state index is 0. The number of aliphatic imine (C=N–C) groups is 1. The van der Waals surface area contributed by atoms with E-state index in [2.05, 4.69) is 20.6 Å². The largest absolute Gasteiger partial charge is 0.401 e. The smallest absolute Gasteiger partial charge is 0.357 e. The highest BCUT2D eigenvalue weighted by atomic mass is 127. The van der Waals surface area contributed by atoms with Crippen LogP contribution in [-0.4, -0.2) is 85.1 Å². The Morgan fingerprint density at radius 3 is 2.48 bits per heavy atom. The second-order valence-electron chi connectivity index (χ2n) is 8.20. The van der Waals surface area contributed by atoms with Crippen LogP contribution >= 0.6 is 24.0 Å². The predicted molar refractivity (Wildman–Crippen MR) is 129 cm³/mol. The summed E-state index contributed by atoms with van der Waals surface area (Å²) in [5, 5.41) is 10.9. The molecule has 2 heterocycles. The Morgan fingerprint density at radius 2 is 1.97 bits per heavy atom. The molecule has 0 radical (unpaired) electrons. The highest BCUT2D eigenvalue weighted by Crippen LogP contribution is 2.24. The van der Waals surface area contributed by atoms with Gasteiger partial charge in [-0.05, 0) is 59.3 Å². The number of alkyl halides is 3. The zero-order chi connectivity index (χ0) is 22.1. The lowest BCUT2D eigenvalue weighted by Crippen LogP contribution is -2.42. The molecule has 2 rings (SSSR count). The first-order chi connectivity index (χ1) is 14.2. The SMILES string of the molecule is CCNC(=NCC(c1cnn(C)c1)N(C)C)NCCC1CCN(CC(F)(F)F)CC1.I. The molecule has 1 unspecified atom stereocenters. The molecule has 0 saturated carbocycles. The number of likely N-dealkylation sites (tertiary alicyclic amines) is 1. The number of piperidine rings is 1. The van der Waals surface area contributed by atoms with Crippen LogP contribution in [0.15, 0.2) is 17.4 Å². The summed E-state index contributed by atoms with van der Waals surface area (Å²) in [6.07, 6.45) is 2.33. The first kappa shape index (κ1) is 28.0. The van der Waals surface area contributed by atoms with Gasteiger partial charge >= 0.3 is 6.18 Å². The number of hydrogen-bond acceptors (Lipinski definition) is 4. The number of nitrogens with one attached hydrogen (secondary N) is 2. The van der Waals surface area contributed by atoms with Gasteiger partial charge in [0, 0.05) is 31.9 Å². The van der Waals surface area contributed by atoms with Gasteiger partial charge in [-0.15, -0.1) is 24.0 Å². The van der Waals surface area contributed by atoms with Crippen LogP contribution in [0.1, 0.15) is 37.8 Å². The van der Waals surface area contributed by atoms with E-state index in [1.165, 1.54) is 4.90 Å². The number of halogens is 4. The molecular formula is C20H37F3IN7. The summed E-state index contributed by atoms with van der Waals surface area (Å²) in [5.41, 5.74) is 1.12. The third-order valence-corrected chi connectivity index (χ3v) is 5.45. The Hall–Kier alpha value is -1.08. The second-order valence-corrected chi connectivity index (χ2v) is 8.20. The molecule has 180 valence electrons. The van der Waals surface area contributed by atoms with E-state index in [4.69, 9.17) is 4.99 Å². The van der Waals surface area contributed by atoms with Crippen LogP contribution in [0.3, 0.4) is 0 Å². The number of likely N-dealkylation sites (N-methyl/N-ethyl adjacent to an activating group) is 1. The summed E-state index contributed by atoms with van der Waals surface area (Å²) in [4.78, 5) is 8.37. The molecule has 31 heavy (non-hydrogen) atoms. The van der Waals surface area contributed by atoms with Gasteiger partial charge < -0.3 is 15.5 Å². The molecule has 2 N–H and O–H groups in total. The fourth-order valence-electron chi connectivity index (χ4n) is 3.78. The maximum absolute atomic E-state index is 12.5. The third-order valence-electron chi connectivity index (χ3n) is 5.45. The van der Waals surface area contributed by atoms with E-state index in [0.29, 0.717) is 25.6 Å². The Labute approximate surface area is 200 Å². The maximum atomic E-state index is 12.5. The fourth-order valence-corrected chi connectivity index (χ4v) is 3.78. The highest BCUT2D eigenvalue weighted by Gasteiger charge is 2.32. The van der Waals surface area contributed by atoms with Crippen LogP contribution in [0.25, 0.3) is 0 Å². The molecule has 1 aromatic rings. The molecule has 1 aromatic heterocycles. The van der Waals surface area contributed by atoms with E-state index in [-0.39, 0.29) is 30.0 Å². The normalized spacial score (nSPS) is 17.5. The molecule has 0 spiro atoms. The monoisotopic (exact) mass is 559 g/mol. The van der Waals surface area contributed by atoms with Crippen molar-refractivity contribution in [2.24, 2.45) is 18.0 Å². The molecule has 1 atom stereocenters. The van der Waals surface area contributed by atoms with Gasteiger partial charge in [-0.3, -0.25) is 14.6 Å². The average molecular weight is 559 g/mol. The number of aromatic nitrogens is 2. The summed E-state index contributed by atoms with van der Waals surface area (Å²) in [7, 11) is 5.95. The minimum atomic E-state index is -4.11. The van der Waals surface area contributed by atoms with E-state index in [9.17, 15) is 13.2 Å². The number of guanidine groups is 1. The highest BCUT2D eigenvalue weighted by molar-refractivity contribution is 14.0. The molecule has 0 bridgehead atoms. The quantitative estimate of drug-likeness (QED) is 0.277.